The van der Waals surface area contributed by atoms with Gasteiger partial charge in [0, 0.05) is 11.6 Å². The van der Waals surface area contributed by atoms with Crippen molar-refractivity contribution in [3.63, 3.8) is 0 Å². The number of likely N-dealkylation sites (tertiary alicyclic amines) is 1. The summed E-state index contributed by atoms with van der Waals surface area (Å²) >= 11 is 0. The molecular weight excluding hydrogens is 238 g/mol. The lowest BCUT2D eigenvalue weighted by Crippen LogP contribution is -2.29. The number of nitrogens with zero attached hydrogens (tertiary/aromatic N) is 1. The summed E-state index contributed by atoms with van der Waals surface area (Å²) in [5.41, 5.74) is 2.83. The predicted molar refractivity (Wildman–Crippen MR) is 76.0 cm³/mol. The van der Waals surface area contributed by atoms with Crippen molar-refractivity contribution in [1.29, 1.82) is 0 Å². The lowest BCUT2D eigenvalue weighted by atomic mass is 9.86. The lowest BCUT2D eigenvalue weighted by molar-refractivity contribution is 0.214. The normalized spacial score (nSPS) is 23.2. The number of benzene rings is 1. The molecule has 0 spiro atoms. The Hall–Kier alpha value is -1.22. The van der Waals surface area contributed by atoms with Crippen LogP contribution in [0.15, 0.2) is 12.1 Å². The number of aryl methyl sites for hydroxylation is 1. The summed E-state index contributed by atoms with van der Waals surface area (Å²) in [4.78, 5) is 2.62. The van der Waals surface area contributed by atoms with Crippen LogP contribution in [0.1, 0.15) is 42.9 Å². The van der Waals surface area contributed by atoms with Crippen LogP contribution in [0.4, 0.5) is 0 Å². The minimum atomic E-state index is 0.524. The van der Waals surface area contributed by atoms with Crippen LogP contribution in [0, 0.1) is 0 Å². The summed E-state index contributed by atoms with van der Waals surface area (Å²) in [6, 6.07) is 4.79. The van der Waals surface area contributed by atoms with E-state index in [1.807, 2.05) is 6.07 Å². The van der Waals surface area contributed by atoms with Gasteiger partial charge in [-0.25, -0.2) is 0 Å². The molecule has 1 aromatic carbocycles. The highest BCUT2D eigenvalue weighted by atomic mass is 16.5. The van der Waals surface area contributed by atoms with Crippen LogP contribution in [0.2, 0.25) is 0 Å². The van der Waals surface area contributed by atoms with Crippen molar-refractivity contribution in [1.82, 2.24) is 4.90 Å². The lowest BCUT2D eigenvalue weighted by Gasteiger charge is -2.34. The van der Waals surface area contributed by atoms with E-state index in [2.05, 4.69) is 11.0 Å². The van der Waals surface area contributed by atoms with Gasteiger partial charge in [-0.1, -0.05) is 6.07 Å². The molecule has 1 aromatic rings. The highest BCUT2D eigenvalue weighted by Gasteiger charge is 2.31. The molecule has 0 bridgehead atoms. The molecule has 1 aliphatic carbocycles. The smallest absolute Gasteiger partial charge is 0.165 e. The Morgan fingerprint density at radius 2 is 1.84 bits per heavy atom. The number of hydrogen-bond donors (Lipinski definition) is 0. The van der Waals surface area contributed by atoms with Gasteiger partial charge in [0.05, 0.1) is 14.2 Å². The predicted octanol–water partition coefficient (Wildman–Crippen LogP) is 3.18. The molecule has 1 fully saturated rings. The van der Waals surface area contributed by atoms with Crippen molar-refractivity contribution in [3.05, 3.63) is 23.3 Å². The minimum Gasteiger partial charge on any atom is -0.493 e. The Kier molecular flexibility index (Phi) is 3.65. The Morgan fingerprint density at radius 1 is 1.05 bits per heavy atom. The Balaban J connectivity index is 2.05. The average Bonchev–Trinajstić information content (AvgIpc) is 2.99. The van der Waals surface area contributed by atoms with E-state index < -0.39 is 0 Å². The molecule has 0 aromatic heterocycles. The summed E-state index contributed by atoms with van der Waals surface area (Å²) < 4.78 is 11.1. The average molecular weight is 261 g/mol. The fraction of sp³-hybridized carbons (Fsp3) is 0.625. The van der Waals surface area contributed by atoms with Gasteiger partial charge < -0.3 is 9.47 Å². The summed E-state index contributed by atoms with van der Waals surface area (Å²) in [5, 5.41) is 0. The van der Waals surface area contributed by atoms with Crippen LogP contribution in [-0.2, 0) is 6.42 Å². The second-order valence-corrected chi connectivity index (χ2v) is 5.52. The largest absolute Gasteiger partial charge is 0.493 e. The van der Waals surface area contributed by atoms with E-state index in [1.54, 1.807) is 14.2 Å². The van der Waals surface area contributed by atoms with Gasteiger partial charge >= 0.3 is 0 Å². The SMILES string of the molecule is COc1ccc2c(c1OC)C(N1CCCC1)CCC2. The van der Waals surface area contributed by atoms with E-state index in [-0.39, 0.29) is 0 Å². The molecule has 3 heteroatoms. The van der Waals surface area contributed by atoms with E-state index in [9.17, 15) is 0 Å². The van der Waals surface area contributed by atoms with Crippen LogP contribution in [0.5, 0.6) is 11.5 Å². The molecular formula is C16H23NO2. The fourth-order valence-corrected chi connectivity index (χ4v) is 3.62. The second-order valence-electron chi connectivity index (χ2n) is 5.52. The molecule has 1 aliphatic heterocycles. The van der Waals surface area contributed by atoms with Crippen molar-refractivity contribution in [2.24, 2.45) is 0 Å². The van der Waals surface area contributed by atoms with E-state index in [1.165, 1.54) is 56.3 Å². The van der Waals surface area contributed by atoms with Gasteiger partial charge in [0.15, 0.2) is 11.5 Å². The molecule has 19 heavy (non-hydrogen) atoms. The maximum absolute atomic E-state index is 5.67. The second kappa shape index (κ2) is 5.41. The summed E-state index contributed by atoms with van der Waals surface area (Å²) in [7, 11) is 3.48. The first-order valence-electron chi connectivity index (χ1n) is 7.33. The molecule has 0 N–H and O–H groups in total. The summed E-state index contributed by atoms with van der Waals surface area (Å²) in [6.45, 7) is 2.45. The minimum absolute atomic E-state index is 0.524. The van der Waals surface area contributed by atoms with Gasteiger partial charge in [-0.15, -0.1) is 0 Å². The zero-order valence-electron chi connectivity index (χ0n) is 11.9. The number of methoxy groups -OCH3 is 2. The molecule has 104 valence electrons. The Bertz CT molecular complexity index is 452. The van der Waals surface area contributed by atoms with E-state index >= 15 is 0 Å². The quantitative estimate of drug-likeness (QED) is 0.834. The number of hydrogen-bond acceptors (Lipinski definition) is 3. The van der Waals surface area contributed by atoms with Gasteiger partial charge in [0.25, 0.3) is 0 Å². The topological polar surface area (TPSA) is 21.7 Å². The zero-order chi connectivity index (χ0) is 13.2. The van der Waals surface area contributed by atoms with Gasteiger partial charge in [0.2, 0.25) is 0 Å². The molecule has 3 rings (SSSR count). The van der Waals surface area contributed by atoms with Crippen LogP contribution >= 0.6 is 0 Å². The molecule has 2 aliphatic rings. The van der Waals surface area contributed by atoms with Crippen LogP contribution < -0.4 is 9.47 Å². The third-order valence-corrected chi connectivity index (χ3v) is 4.51. The van der Waals surface area contributed by atoms with Gasteiger partial charge in [-0.2, -0.15) is 0 Å². The third-order valence-electron chi connectivity index (χ3n) is 4.51. The molecule has 1 heterocycles. The Morgan fingerprint density at radius 3 is 2.53 bits per heavy atom. The molecule has 1 saturated heterocycles. The number of fused-ring (bicyclic) bond motifs is 1. The van der Waals surface area contributed by atoms with E-state index in [0.717, 1.165) is 11.5 Å². The van der Waals surface area contributed by atoms with Gasteiger partial charge in [-0.05, 0) is 56.8 Å². The standard InChI is InChI=1S/C16H23NO2/c1-18-14-9-8-12-6-5-7-13(15(12)16(14)19-2)17-10-3-4-11-17/h8-9,13H,3-7,10-11H2,1-2H3. The maximum Gasteiger partial charge on any atom is 0.165 e. The zero-order valence-corrected chi connectivity index (χ0v) is 11.9. The van der Waals surface area contributed by atoms with Gasteiger partial charge in [-0.3, -0.25) is 4.90 Å². The van der Waals surface area contributed by atoms with E-state index in [0.29, 0.717) is 6.04 Å². The number of ether oxygens (including phenoxy) is 2. The molecule has 1 unspecified atom stereocenters. The fourth-order valence-electron chi connectivity index (χ4n) is 3.62. The highest BCUT2D eigenvalue weighted by Crippen LogP contribution is 2.45. The molecule has 3 nitrogen and oxygen atoms in total. The molecule has 0 amide bonds. The molecule has 1 atom stereocenters. The van der Waals surface area contributed by atoms with Crippen LogP contribution in [0.3, 0.4) is 0 Å². The monoisotopic (exact) mass is 261 g/mol. The molecule has 0 radical (unpaired) electrons. The van der Waals surface area contributed by atoms with Crippen molar-refractivity contribution in [2.45, 2.75) is 38.1 Å². The van der Waals surface area contributed by atoms with Crippen molar-refractivity contribution >= 4 is 0 Å². The number of rotatable bonds is 3. The van der Waals surface area contributed by atoms with Gasteiger partial charge in [0.1, 0.15) is 0 Å². The first-order valence-corrected chi connectivity index (χ1v) is 7.33. The van der Waals surface area contributed by atoms with E-state index in [4.69, 9.17) is 9.47 Å². The third kappa shape index (κ3) is 2.20. The first-order chi connectivity index (χ1) is 9.35. The van der Waals surface area contributed by atoms with Crippen molar-refractivity contribution < 1.29 is 9.47 Å². The Labute approximate surface area is 115 Å². The maximum atomic E-state index is 5.67. The van der Waals surface area contributed by atoms with Crippen LogP contribution in [0.25, 0.3) is 0 Å². The van der Waals surface area contributed by atoms with Crippen molar-refractivity contribution in [3.8, 4) is 11.5 Å². The summed E-state index contributed by atoms with van der Waals surface area (Å²) in [6.07, 6.45) is 6.36. The highest BCUT2D eigenvalue weighted by molar-refractivity contribution is 5.53. The molecule has 0 saturated carbocycles. The summed E-state index contributed by atoms with van der Waals surface area (Å²) in [5.74, 6) is 1.82. The van der Waals surface area contributed by atoms with Crippen molar-refractivity contribution in [2.75, 3.05) is 27.3 Å². The first kappa shape index (κ1) is 12.8. The van der Waals surface area contributed by atoms with Crippen LogP contribution in [-0.4, -0.2) is 32.2 Å².